The van der Waals surface area contributed by atoms with Crippen LogP contribution < -0.4 is 4.74 Å². The van der Waals surface area contributed by atoms with Crippen molar-refractivity contribution < 1.29 is 28.4 Å². The number of benzene rings is 1. The number of aliphatic hydroxyl groups is 1. The van der Waals surface area contributed by atoms with Crippen LogP contribution in [0.3, 0.4) is 0 Å². The molecule has 3 rings (SSSR count). The highest BCUT2D eigenvalue weighted by molar-refractivity contribution is 7.10. The molecule has 9 heteroatoms. The molecule has 0 radical (unpaired) electrons. The first-order chi connectivity index (χ1) is 12.1. The van der Waals surface area contributed by atoms with Crippen molar-refractivity contribution in [2.75, 3.05) is 13.2 Å². The monoisotopic (exact) mass is 408 g/mol. The van der Waals surface area contributed by atoms with Gasteiger partial charge < -0.3 is 28.4 Å². The standard InChI is InChI=1S/C16H23ClO6P2/c17-9-2-1-3-10(4-9)19-7-11(22-24)8-20-16-12-5-15(18)21-13(12)6-14(16)23-25/h1-4,11-16,18H,5-8,24-25H2. The molecule has 0 bridgehead atoms. The topological polar surface area (TPSA) is 66.4 Å². The molecule has 8 unspecified atom stereocenters. The van der Waals surface area contributed by atoms with Crippen LogP contribution in [0.1, 0.15) is 12.8 Å². The fourth-order valence-corrected chi connectivity index (χ4v) is 4.02. The van der Waals surface area contributed by atoms with Crippen LogP contribution in [0.15, 0.2) is 24.3 Å². The molecule has 1 aromatic rings. The minimum absolute atomic E-state index is 0.0244. The second kappa shape index (κ2) is 9.25. The molecule has 1 heterocycles. The Hall–Kier alpha value is -0.0300. The van der Waals surface area contributed by atoms with Gasteiger partial charge in [0.15, 0.2) is 6.29 Å². The number of hydrogen-bond donors (Lipinski definition) is 1. The molecule has 1 N–H and O–H groups in total. The first-order valence-electron chi connectivity index (χ1n) is 8.15. The van der Waals surface area contributed by atoms with Crippen LogP contribution >= 0.6 is 30.5 Å². The maximum absolute atomic E-state index is 9.69. The average Bonchev–Trinajstić information content (AvgIpc) is 3.11. The van der Waals surface area contributed by atoms with E-state index in [9.17, 15) is 5.11 Å². The summed E-state index contributed by atoms with van der Waals surface area (Å²) in [4.78, 5) is 0. The molecule has 0 spiro atoms. The molecule has 6 nitrogen and oxygen atoms in total. The third-order valence-electron chi connectivity index (χ3n) is 4.61. The molecule has 1 aromatic carbocycles. The van der Waals surface area contributed by atoms with Gasteiger partial charge in [-0.2, -0.15) is 0 Å². The van der Waals surface area contributed by atoms with E-state index in [1.165, 1.54) is 0 Å². The van der Waals surface area contributed by atoms with Gasteiger partial charge in [0.25, 0.3) is 0 Å². The summed E-state index contributed by atoms with van der Waals surface area (Å²) in [5.41, 5.74) is 0. The molecule has 1 aliphatic carbocycles. The van der Waals surface area contributed by atoms with E-state index in [2.05, 4.69) is 18.9 Å². The normalized spacial score (nSPS) is 32.6. The van der Waals surface area contributed by atoms with Crippen molar-refractivity contribution >= 4 is 30.5 Å². The fraction of sp³-hybridized carbons (Fsp3) is 0.625. The zero-order valence-corrected chi connectivity index (χ0v) is 16.7. The number of halogens is 1. The zero-order chi connectivity index (χ0) is 17.8. The maximum Gasteiger partial charge on any atom is 0.155 e. The van der Waals surface area contributed by atoms with Gasteiger partial charge in [-0.3, -0.25) is 0 Å². The summed E-state index contributed by atoms with van der Waals surface area (Å²) in [6.45, 7) is 0.675. The van der Waals surface area contributed by atoms with Crippen molar-refractivity contribution in [3.8, 4) is 5.75 Å². The summed E-state index contributed by atoms with van der Waals surface area (Å²) in [5, 5.41) is 10.3. The molecular formula is C16H23ClO6P2. The Labute approximate surface area is 157 Å². The van der Waals surface area contributed by atoms with Gasteiger partial charge in [-0.1, -0.05) is 17.7 Å². The smallest absolute Gasteiger partial charge is 0.155 e. The number of aliphatic hydroxyl groups excluding tert-OH is 1. The Bertz CT molecular complexity index is 565. The first kappa shape index (κ1) is 19.7. The quantitative estimate of drug-likeness (QED) is 0.667. The largest absolute Gasteiger partial charge is 0.491 e. The minimum Gasteiger partial charge on any atom is -0.491 e. The molecule has 25 heavy (non-hydrogen) atoms. The van der Waals surface area contributed by atoms with E-state index < -0.39 is 6.29 Å². The Balaban J connectivity index is 1.51. The molecule has 0 aromatic heterocycles. The van der Waals surface area contributed by atoms with Crippen LogP contribution in [0, 0.1) is 5.92 Å². The van der Waals surface area contributed by atoms with Gasteiger partial charge in [-0.15, -0.1) is 0 Å². The van der Waals surface area contributed by atoms with Gasteiger partial charge in [-0.25, -0.2) is 0 Å². The Morgan fingerprint density at radius 2 is 2.12 bits per heavy atom. The van der Waals surface area contributed by atoms with Gasteiger partial charge >= 0.3 is 0 Å². The second-order valence-electron chi connectivity index (χ2n) is 6.26. The molecule has 1 aliphatic heterocycles. The molecule has 1 saturated carbocycles. The van der Waals surface area contributed by atoms with Crippen LogP contribution in [0.4, 0.5) is 0 Å². The van der Waals surface area contributed by atoms with E-state index in [-0.39, 0.29) is 30.3 Å². The van der Waals surface area contributed by atoms with Crippen molar-refractivity contribution in [1.82, 2.24) is 0 Å². The predicted octanol–water partition coefficient (Wildman–Crippen LogP) is 2.58. The van der Waals surface area contributed by atoms with Crippen molar-refractivity contribution in [2.45, 2.75) is 43.5 Å². The molecule has 1 saturated heterocycles. The third-order valence-corrected chi connectivity index (χ3v) is 5.58. The number of ether oxygens (including phenoxy) is 3. The van der Waals surface area contributed by atoms with Crippen molar-refractivity contribution in [3.05, 3.63) is 29.3 Å². The molecule has 0 amide bonds. The van der Waals surface area contributed by atoms with Crippen molar-refractivity contribution in [2.24, 2.45) is 5.92 Å². The molecule has 8 atom stereocenters. The Morgan fingerprint density at radius 1 is 1.28 bits per heavy atom. The Kier molecular flexibility index (Phi) is 7.30. The van der Waals surface area contributed by atoms with Crippen molar-refractivity contribution in [3.63, 3.8) is 0 Å². The van der Waals surface area contributed by atoms with Crippen LogP contribution in [-0.4, -0.2) is 49.0 Å². The van der Waals surface area contributed by atoms with E-state index in [4.69, 9.17) is 34.9 Å². The number of rotatable bonds is 8. The fourth-order valence-electron chi connectivity index (χ4n) is 3.41. The van der Waals surface area contributed by atoms with Gasteiger partial charge in [0.2, 0.25) is 0 Å². The summed E-state index contributed by atoms with van der Waals surface area (Å²) < 4.78 is 28.1. The highest BCUT2D eigenvalue weighted by Crippen LogP contribution is 2.42. The average molecular weight is 409 g/mol. The highest BCUT2D eigenvalue weighted by Gasteiger charge is 2.50. The number of fused-ring (bicyclic) bond motifs is 1. The second-order valence-corrected chi connectivity index (χ2v) is 7.24. The van der Waals surface area contributed by atoms with Gasteiger partial charge in [0.05, 0.1) is 24.9 Å². The lowest BCUT2D eigenvalue weighted by Gasteiger charge is -2.25. The summed E-state index contributed by atoms with van der Waals surface area (Å²) in [7, 11) is 4.54. The third kappa shape index (κ3) is 5.03. The van der Waals surface area contributed by atoms with Crippen LogP contribution in [0.5, 0.6) is 5.75 Å². The van der Waals surface area contributed by atoms with E-state index in [0.29, 0.717) is 36.8 Å². The molecule has 140 valence electrons. The SMILES string of the molecule is OC1CC2C(CC(OP)C2OCC(COc2cccc(Cl)c2)OP)O1. The Morgan fingerprint density at radius 3 is 2.84 bits per heavy atom. The zero-order valence-electron chi connectivity index (χ0n) is 13.6. The van der Waals surface area contributed by atoms with E-state index in [1.54, 1.807) is 12.1 Å². The lowest BCUT2D eigenvalue weighted by Crippen LogP contribution is -2.35. The maximum atomic E-state index is 9.69. The highest BCUT2D eigenvalue weighted by atomic mass is 35.5. The van der Waals surface area contributed by atoms with Crippen LogP contribution in [-0.2, 0) is 18.5 Å². The molecule has 2 fully saturated rings. The predicted molar refractivity (Wildman–Crippen MR) is 99.5 cm³/mol. The van der Waals surface area contributed by atoms with Crippen LogP contribution in [0.2, 0.25) is 5.02 Å². The van der Waals surface area contributed by atoms with E-state index in [0.717, 1.165) is 0 Å². The lowest BCUT2D eigenvalue weighted by atomic mass is 10.0. The van der Waals surface area contributed by atoms with Gasteiger partial charge in [0, 0.05) is 42.7 Å². The minimum atomic E-state index is -0.716. The first-order valence-corrected chi connectivity index (χ1v) is 9.47. The van der Waals surface area contributed by atoms with Gasteiger partial charge in [0.1, 0.15) is 18.5 Å². The van der Waals surface area contributed by atoms with Crippen molar-refractivity contribution in [1.29, 1.82) is 0 Å². The summed E-state index contributed by atoms with van der Waals surface area (Å²) >= 11 is 5.95. The lowest BCUT2D eigenvalue weighted by molar-refractivity contribution is -0.0954. The molecular weight excluding hydrogens is 386 g/mol. The summed E-state index contributed by atoms with van der Waals surface area (Å²) in [6, 6.07) is 7.21. The van der Waals surface area contributed by atoms with Crippen LogP contribution in [0.25, 0.3) is 0 Å². The van der Waals surface area contributed by atoms with E-state index >= 15 is 0 Å². The number of hydrogen-bond acceptors (Lipinski definition) is 6. The summed E-state index contributed by atoms with van der Waals surface area (Å²) in [6.07, 6.45) is 0.0441. The summed E-state index contributed by atoms with van der Waals surface area (Å²) in [5.74, 6) is 0.804. The van der Waals surface area contributed by atoms with Gasteiger partial charge in [-0.05, 0) is 18.2 Å². The van der Waals surface area contributed by atoms with E-state index in [1.807, 2.05) is 12.1 Å². The molecule has 2 aliphatic rings.